The summed E-state index contributed by atoms with van der Waals surface area (Å²) in [5, 5.41) is 7.88. The van der Waals surface area contributed by atoms with Gasteiger partial charge in [0.05, 0.1) is 13.0 Å². The Kier molecular flexibility index (Phi) is 4.24. The standard InChI is InChI=1S/C20H20N2O4/c1-12-7-13(2)20-15(22-26-18(20)8-12)9-19(23)21-10-14-11-24-16-5-3-4-6-17(16)25-14/h3-8,14H,9-11H2,1-2H3,(H,21,23). The first-order chi connectivity index (χ1) is 12.6. The summed E-state index contributed by atoms with van der Waals surface area (Å²) < 4.78 is 16.9. The van der Waals surface area contributed by atoms with Crippen LogP contribution >= 0.6 is 0 Å². The zero-order valence-electron chi connectivity index (χ0n) is 14.7. The zero-order valence-corrected chi connectivity index (χ0v) is 14.7. The first-order valence-electron chi connectivity index (χ1n) is 8.61. The minimum atomic E-state index is -0.215. The Labute approximate surface area is 151 Å². The number of benzene rings is 2. The van der Waals surface area contributed by atoms with Crippen LogP contribution in [0.1, 0.15) is 16.8 Å². The smallest absolute Gasteiger partial charge is 0.226 e. The van der Waals surface area contributed by atoms with Gasteiger partial charge >= 0.3 is 0 Å². The fourth-order valence-corrected chi connectivity index (χ4v) is 3.25. The largest absolute Gasteiger partial charge is 0.486 e. The third-order valence-corrected chi connectivity index (χ3v) is 4.41. The maximum atomic E-state index is 12.3. The van der Waals surface area contributed by atoms with Gasteiger partial charge in [-0.15, -0.1) is 0 Å². The Morgan fingerprint density at radius 2 is 2.04 bits per heavy atom. The number of aromatic nitrogens is 1. The molecule has 6 nitrogen and oxygen atoms in total. The molecule has 1 aromatic heterocycles. The molecule has 3 aromatic rings. The van der Waals surface area contributed by atoms with Crippen LogP contribution in [0.25, 0.3) is 11.0 Å². The lowest BCUT2D eigenvalue weighted by atomic mass is 10.0. The van der Waals surface area contributed by atoms with Crippen molar-refractivity contribution in [3.8, 4) is 11.5 Å². The summed E-state index contributed by atoms with van der Waals surface area (Å²) >= 11 is 0. The van der Waals surface area contributed by atoms with E-state index in [-0.39, 0.29) is 18.4 Å². The highest BCUT2D eigenvalue weighted by Gasteiger charge is 2.22. The molecule has 4 rings (SSSR count). The van der Waals surface area contributed by atoms with Crippen LogP contribution in [0.5, 0.6) is 11.5 Å². The fourth-order valence-electron chi connectivity index (χ4n) is 3.25. The fraction of sp³-hybridized carbons (Fsp3) is 0.300. The maximum Gasteiger partial charge on any atom is 0.226 e. The first-order valence-corrected chi connectivity index (χ1v) is 8.61. The van der Waals surface area contributed by atoms with Gasteiger partial charge in [-0.25, -0.2) is 0 Å². The molecular weight excluding hydrogens is 332 g/mol. The number of ether oxygens (including phenoxy) is 2. The van der Waals surface area contributed by atoms with E-state index >= 15 is 0 Å². The predicted molar refractivity (Wildman–Crippen MR) is 96.5 cm³/mol. The summed E-state index contributed by atoms with van der Waals surface area (Å²) in [6.45, 7) is 4.79. The van der Waals surface area contributed by atoms with E-state index in [1.807, 2.05) is 44.2 Å². The van der Waals surface area contributed by atoms with Crippen molar-refractivity contribution in [2.24, 2.45) is 0 Å². The second-order valence-corrected chi connectivity index (χ2v) is 6.56. The quantitative estimate of drug-likeness (QED) is 0.781. The number of nitrogens with zero attached hydrogens (tertiary/aromatic N) is 1. The molecule has 1 N–H and O–H groups in total. The van der Waals surface area contributed by atoms with Crippen molar-refractivity contribution in [1.29, 1.82) is 0 Å². The van der Waals surface area contributed by atoms with Gasteiger partial charge in [0, 0.05) is 5.39 Å². The lowest BCUT2D eigenvalue weighted by Crippen LogP contribution is -2.41. The number of hydrogen-bond acceptors (Lipinski definition) is 5. The maximum absolute atomic E-state index is 12.3. The second-order valence-electron chi connectivity index (χ2n) is 6.56. The van der Waals surface area contributed by atoms with Gasteiger partial charge in [-0.05, 0) is 43.2 Å². The Bertz CT molecular complexity index is 964. The highest BCUT2D eigenvalue weighted by atomic mass is 16.6. The number of amides is 1. The molecule has 26 heavy (non-hydrogen) atoms. The highest BCUT2D eigenvalue weighted by molar-refractivity contribution is 5.88. The van der Waals surface area contributed by atoms with Crippen LogP contribution in [-0.4, -0.2) is 30.3 Å². The lowest BCUT2D eigenvalue weighted by Gasteiger charge is -2.26. The average Bonchev–Trinajstić information content (AvgIpc) is 3.02. The molecule has 1 aliphatic rings. The summed E-state index contributed by atoms with van der Waals surface area (Å²) in [6, 6.07) is 11.5. The van der Waals surface area contributed by atoms with E-state index < -0.39 is 0 Å². The van der Waals surface area contributed by atoms with Crippen LogP contribution in [-0.2, 0) is 11.2 Å². The molecule has 0 bridgehead atoms. The van der Waals surface area contributed by atoms with E-state index in [1.165, 1.54) is 0 Å². The van der Waals surface area contributed by atoms with Crippen molar-refractivity contribution in [3.63, 3.8) is 0 Å². The molecule has 0 aliphatic carbocycles. The normalized spacial score (nSPS) is 15.8. The van der Waals surface area contributed by atoms with Gasteiger partial charge in [-0.1, -0.05) is 23.4 Å². The minimum Gasteiger partial charge on any atom is -0.486 e. The number of nitrogens with one attached hydrogen (secondary N) is 1. The highest BCUT2D eigenvalue weighted by Crippen LogP contribution is 2.30. The number of para-hydroxylation sites is 2. The van der Waals surface area contributed by atoms with Gasteiger partial charge in [-0.3, -0.25) is 4.79 Å². The van der Waals surface area contributed by atoms with E-state index in [1.54, 1.807) is 0 Å². The molecule has 1 unspecified atom stereocenters. The van der Waals surface area contributed by atoms with Gasteiger partial charge in [-0.2, -0.15) is 0 Å². The monoisotopic (exact) mass is 352 g/mol. The van der Waals surface area contributed by atoms with Crippen LogP contribution in [0.2, 0.25) is 0 Å². The Hall–Kier alpha value is -3.02. The van der Waals surface area contributed by atoms with Gasteiger partial charge in [0.1, 0.15) is 18.4 Å². The molecule has 0 saturated carbocycles. The Balaban J connectivity index is 1.38. The zero-order chi connectivity index (χ0) is 18.1. The predicted octanol–water partition coefficient (Wildman–Crippen LogP) is 2.94. The van der Waals surface area contributed by atoms with Crippen LogP contribution < -0.4 is 14.8 Å². The van der Waals surface area contributed by atoms with Crippen molar-refractivity contribution >= 4 is 16.9 Å². The molecule has 2 aromatic carbocycles. The van der Waals surface area contributed by atoms with E-state index in [0.717, 1.165) is 22.3 Å². The average molecular weight is 352 g/mol. The van der Waals surface area contributed by atoms with Crippen molar-refractivity contribution < 1.29 is 18.8 Å². The molecule has 6 heteroatoms. The topological polar surface area (TPSA) is 73.6 Å². The minimum absolute atomic E-state index is 0.123. The number of hydrogen-bond donors (Lipinski definition) is 1. The molecule has 134 valence electrons. The number of aryl methyl sites for hydroxylation is 2. The summed E-state index contributed by atoms with van der Waals surface area (Å²) in [5.74, 6) is 1.31. The van der Waals surface area contributed by atoms with Crippen molar-refractivity contribution in [2.75, 3.05) is 13.2 Å². The van der Waals surface area contributed by atoms with E-state index in [4.69, 9.17) is 14.0 Å². The first kappa shape index (κ1) is 16.4. The van der Waals surface area contributed by atoms with Crippen LogP contribution in [0.4, 0.5) is 0 Å². The Morgan fingerprint density at radius 1 is 1.23 bits per heavy atom. The van der Waals surface area contributed by atoms with Gasteiger partial charge < -0.3 is 19.3 Å². The summed E-state index contributed by atoms with van der Waals surface area (Å²) in [6.07, 6.45) is -0.0478. The van der Waals surface area contributed by atoms with E-state index in [9.17, 15) is 4.79 Å². The number of fused-ring (bicyclic) bond motifs is 2. The number of carbonyl (C=O) groups excluding carboxylic acids is 1. The summed E-state index contributed by atoms with van der Waals surface area (Å²) in [7, 11) is 0. The molecule has 0 spiro atoms. The van der Waals surface area contributed by atoms with Crippen molar-refractivity contribution in [2.45, 2.75) is 26.4 Å². The summed E-state index contributed by atoms with van der Waals surface area (Å²) in [4.78, 5) is 12.3. The second kappa shape index (κ2) is 6.71. The van der Waals surface area contributed by atoms with Crippen molar-refractivity contribution in [1.82, 2.24) is 10.5 Å². The van der Waals surface area contributed by atoms with Gasteiger partial charge in [0.2, 0.25) is 5.91 Å². The van der Waals surface area contributed by atoms with Crippen LogP contribution in [0, 0.1) is 13.8 Å². The molecule has 1 amide bonds. The molecule has 1 atom stereocenters. The Morgan fingerprint density at radius 3 is 2.88 bits per heavy atom. The van der Waals surface area contributed by atoms with Crippen molar-refractivity contribution in [3.05, 3.63) is 53.2 Å². The van der Waals surface area contributed by atoms with E-state index in [2.05, 4.69) is 16.5 Å². The number of carbonyl (C=O) groups is 1. The van der Waals surface area contributed by atoms with E-state index in [0.29, 0.717) is 30.2 Å². The van der Waals surface area contributed by atoms with Crippen LogP contribution in [0.15, 0.2) is 40.9 Å². The molecule has 2 heterocycles. The summed E-state index contributed by atoms with van der Waals surface area (Å²) in [5.41, 5.74) is 3.54. The third kappa shape index (κ3) is 3.22. The molecule has 0 radical (unpaired) electrons. The molecular formula is C20H20N2O4. The molecule has 1 aliphatic heterocycles. The van der Waals surface area contributed by atoms with Crippen LogP contribution in [0.3, 0.4) is 0 Å². The van der Waals surface area contributed by atoms with Gasteiger partial charge in [0.25, 0.3) is 0 Å². The molecule has 0 fully saturated rings. The lowest BCUT2D eigenvalue weighted by molar-refractivity contribution is -0.121. The van der Waals surface area contributed by atoms with Gasteiger partial charge in [0.15, 0.2) is 17.1 Å². The molecule has 0 saturated heterocycles. The third-order valence-electron chi connectivity index (χ3n) is 4.41. The number of rotatable bonds is 4. The SMILES string of the molecule is Cc1cc(C)c2c(CC(=O)NCC3COc4ccccc4O3)noc2c1.